The highest BCUT2D eigenvalue weighted by Crippen LogP contribution is 2.30. The van der Waals surface area contributed by atoms with Crippen LogP contribution in [0.25, 0.3) is 11.0 Å². The van der Waals surface area contributed by atoms with Crippen molar-refractivity contribution in [2.24, 2.45) is 22.1 Å². The molecule has 3 aromatic rings. The third-order valence-corrected chi connectivity index (χ3v) is 4.32. The second-order valence-electron chi connectivity index (χ2n) is 6.21. The van der Waals surface area contributed by atoms with Crippen LogP contribution in [0.15, 0.2) is 58.1 Å². The molecule has 0 amide bonds. The highest BCUT2D eigenvalue weighted by Gasteiger charge is 2.43. The van der Waals surface area contributed by atoms with Gasteiger partial charge in [0.25, 0.3) is 11.8 Å². The summed E-state index contributed by atoms with van der Waals surface area (Å²) in [5, 5.41) is 12.3. The van der Waals surface area contributed by atoms with Crippen molar-refractivity contribution in [2.45, 2.75) is 6.92 Å². The molecule has 0 fully saturated rings. The zero-order valence-electron chi connectivity index (χ0n) is 14.2. The maximum Gasteiger partial charge on any atom is 0.287 e. The van der Waals surface area contributed by atoms with E-state index >= 15 is 0 Å². The second kappa shape index (κ2) is 5.20. The van der Waals surface area contributed by atoms with Crippen LogP contribution >= 0.6 is 0 Å². The third-order valence-electron chi connectivity index (χ3n) is 4.32. The molecule has 128 valence electrons. The minimum atomic E-state index is 0.115. The Hall–Kier alpha value is -3.59. The lowest BCUT2D eigenvalue weighted by atomic mass is 10.3. The number of nitrogens with zero attached hydrogens (tertiary/aromatic N) is 7. The quantitative estimate of drug-likeness (QED) is 0.697. The number of imidazole rings is 1. The minimum absolute atomic E-state index is 0.115. The molecule has 2 N–H and O–H groups in total. The molecule has 5 rings (SSSR count). The Morgan fingerprint density at radius 2 is 2.19 bits per heavy atom. The van der Waals surface area contributed by atoms with Gasteiger partial charge in [0.15, 0.2) is 6.20 Å². The summed E-state index contributed by atoms with van der Waals surface area (Å²) < 4.78 is 1.86. The first-order chi connectivity index (χ1) is 12.6. The van der Waals surface area contributed by atoms with Crippen LogP contribution in [0.1, 0.15) is 5.82 Å². The average Bonchev–Trinajstić information content (AvgIpc) is 3.30. The maximum absolute atomic E-state index is 4.79. The van der Waals surface area contributed by atoms with Crippen molar-refractivity contribution >= 4 is 40.4 Å². The summed E-state index contributed by atoms with van der Waals surface area (Å²) in [7, 11) is 1.88. The van der Waals surface area contributed by atoms with Gasteiger partial charge in [0, 0.05) is 12.7 Å². The molecule has 2 aliphatic heterocycles. The Labute approximate surface area is 148 Å². The van der Waals surface area contributed by atoms with E-state index in [4.69, 9.17) is 5.10 Å². The van der Waals surface area contributed by atoms with Gasteiger partial charge in [-0.2, -0.15) is 10.1 Å². The van der Waals surface area contributed by atoms with E-state index in [1.165, 1.54) is 0 Å². The molecule has 0 spiro atoms. The highest BCUT2D eigenvalue weighted by atomic mass is 15.7. The summed E-state index contributed by atoms with van der Waals surface area (Å²) in [4.78, 5) is 16.5. The number of aromatic amines is 1. The van der Waals surface area contributed by atoms with Crippen molar-refractivity contribution in [2.75, 3.05) is 5.32 Å². The Kier molecular flexibility index (Phi) is 2.95. The normalized spacial score (nSPS) is 21.0. The van der Waals surface area contributed by atoms with Gasteiger partial charge in [0.1, 0.15) is 18.2 Å². The van der Waals surface area contributed by atoms with Crippen LogP contribution in [-0.4, -0.2) is 37.8 Å². The average molecular weight is 346 g/mol. The van der Waals surface area contributed by atoms with Crippen LogP contribution in [0.5, 0.6) is 0 Å². The van der Waals surface area contributed by atoms with Gasteiger partial charge in [-0.15, -0.1) is 0 Å². The first-order valence-electron chi connectivity index (χ1n) is 8.14. The maximum atomic E-state index is 4.79. The lowest BCUT2D eigenvalue weighted by Gasteiger charge is -2.21. The number of benzene rings is 1. The predicted octanol–water partition coefficient (Wildman–Crippen LogP) is 2.26. The van der Waals surface area contributed by atoms with Gasteiger partial charge in [-0.3, -0.25) is 9.67 Å². The molecule has 0 aliphatic carbocycles. The van der Waals surface area contributed by atoms with Gasteiger partial charge in [0.2, 0.25) is 5.69 Å². The first kappa shape index (κ1) is 14.7. The molecular weight excluding hydrogens is 330 g/mol. The van der Waals surface area contributed by atoms with Gasteiger partial charge >= 0.3 is 0 Å². The molecule has 1 atom stereocenters. The van der Waals surface area contributed by atoms with E-state index in [9.17, 15) is 0 Å². The molecule has 0 saturated carbocycles. The summed E-state index contributed by atoms with van der Waals surface area (Å²) in [6, 6.07) is 5.93. The lowest BCUT2D eigenvalue weighted by molar-refractivity contribution is 0.591. The molecule has 0 saturated heterocycles. The van der Waals surface area contributed by atoms with E-state index in [1.807, 2.05) is 44.6 Å². The van der Waals surface area contributed by atoms with Gasteiger partial charge in [-0.05, 0) is 30.2 Å². The number of quaternary nitrogens is 1. The number of hydrogen-bond donors (Lipinski definition) is 2. The van der Waals surface area contributed by atoms with Crippen molar-refractivity contribution in [1.29, 1.82) is 0 Å². The molecular formula is C17H16N9+. The molecule has 9 heteroatoms. The Morgan fingerprint density at radius 1 is 1.27 bits per heavy atom. The number of amidine groups is 1. The molecule has 2 aromatic heterocycles. The Balaban J connectivity index is 1.53. The minimum Gasteiger partial charge on any atom is -0.342 e. The van der Waals surface area contributed by atoms with Gasteiger partial charge in [-0.1, -0.05) is 4.59 Å². The summed E-state index contributed by atoms with van der Waals surface area (Å²) in [5.41, 5.74) is 3.66. The Bertz CT molecular complexity index is 1140. The molecule has 0 radical (unpaired) electrons. The number of hydrogen-bond acceptors (Lipinski definition) is 6. The van der Waals surface area contributed by atoms with Crippen LogP contribution in [-0.2, 0) is 7.05 Å². The topological polar surface area (TPSA) is 95.6 Å². The largest absolute Gasteiger partial charge is 0.342 e. The third kappa shape index (κ3) is 2.18. The van der Waals surface area contributed by atoms with E-state index in [1.54, 1.807) is 23.3 Å². The van der Waals surface area contributed by atoms with Gasteiger partial charge in [-0.25, -0.2) is 4.98 Å². The first-order valence-corrected chi connectivity index (χ1v) is 8.14. The predicted molar refractivity (Wildman–Crippen MR) is 102 cm³/mol. The van der Waals surface area contributed by atoms with Crippen LogP contribution in [0, 0.1) is 6.92 Å². The number of aliphatic imine (C=N–C) groups is 2. The van der Waals surface area contributed by atoms with Crippen LogP contribution in [0.2, 0.25) is 0 Å². The van der Waals surface area contributed by atoms with Gasteiger partial charge in [0.05, 0.1) is 23.4 Å². The number of H-pyrrole nitrogens is 1. The number of fused-ring (bicyclic) bond motifs is 2. The van der Waals surface area contributed by atoms with Crippen LogP contribution in [0.4, 0.5) is 11.4 Å². The molecule has 1 aromatic carbocycles. The molecule has 2 aliphatic rings. The molecule has 9 nitrogen and oxygen atoms in total. The smallest absolute Gasteiger partial charge is 0.287 e. The fourth-order valence-electron chi connectivity index (χ4n) is 3.13. The Morgan fingerprint density at radius 3 is 3.04 bits per heavy atom. The molecule has 4 heterocycles. The van der Waals surface area contributed by atoms with Crippen LogP contribution in [0.3, 0.4) is 0 Å². The highest BCUT2D eigenvalue weighted by molar-refractivity contribution is 6.38. The van der Waals surface area contributed by atoms with E-state index < -0.39 is 0 Å². The van der Waals surface area contributed by atoms with E-state index in [0.717, 1.165) is 28.2 Å². The zero-order chi connectivity index (χ0) is 17.7. The molecule has 0 bridgehead atoms. The number of aryl methyl sites for hydroxylation is 2. The monoisotopic (exact) mass is 346 g/mol. The summed E-state index contributed by atoms with van der Waals surface area (Å²) >= 11 is 0. The summed E-state index contributed by atoms with van der Waals surface area (Å²) in [5.74, 6) is 2.10. The number of guanidine groups is 1. The van der Waals surface area contributed by atoms with Gasteiger partial charge < -0.3 is 10.3 Å². The zero-order valence-corrected chi connectivity index (χ0v) is 14.2. The number of nitrogens with one attached hydrogen (secondary N) is 2. The van der Waals surface area contributed by atoms with E-state index in [2.05, 4.69) is 30.4 Å². The fourth-order valence-corrected chi connectivity index (χ4v) is 3.13. The van der Waals surface area contributed by atoms with Crippen LogP contribution < -0.4 is 9.91 Å². The number of aromatic nitrogens is 4. The second-order valence-corrected chi connectivity index (χ2v) is 6.21. The fraction of sp³-hybridized carbons (Fsp3) is 0.118. The SMILES string of the molecule is Cc1nc2cc(NC3=N[N+]4(c5cnn(C)c5)C=CN=CC4=N3)ccc2[nH]1. The van der Waals surface area contributed by atoms with Crippen molar-refractivity contribution in [3.05, 3.63) is 48.8 Å². The molecule has 26 heavy (non-hydrogen) atoms. The van der Waals surface area contributed by atoms with Crippen molar-refractivity contribution < 1.29 is 0 Å². The molecule has 1 unspecified atom stereocenters. The van der Waals surface area contributed by atoms with E-state index in [-0.39, 0.29) is 4.59 Å². The number of rotatable bonds is 2. The number of anilines is 1. The van der Waals surface area contributed by atoms with E-state index in [0.29, 0.717) is 11.8 Å². The van der Waals surface area contributed by atoms with Crippen molar-refractivity contribution in [1.82, 2.24) is 24.3 Å². The summed E-state index contributed by atoms with van der Waals surface area (Å²) in [6.07, 6.45) is 9.02. The van der Waals surface area contributed by atoms with Crippen molar-refractivity contribution in [3.63, 3.8) is 0 Å². The summed E-state index contributed by atoms with van der Waals surface area (Å²) in [6.45, 7) is 1.94. The van der Waals surface area contributed by atoms with Crippen molar-refractivity contribution in [3.8, 4) is 0 Å². The lowest BCUT2D eigenvalue weighted by Crippen LogP contribution is -2.44. The standard InChI is InChI=1S/C17H16N9/c1-11-20-14-4-3-12(7-15(14)21-11)22-17-23-16-9-18-5-6-26(16,24-17)13-8-19-25(2)10-13/h3-10H,1-2H3,(H,20,21)(H,22,24)/q+1.